The zero-order valence-corrected chi connectivity index (χ0v) is 15.7. The van der Waals surface area contributed by atoms with Gasteiger partial charge in [-0.2, -0.15) is 5.26 Å². The lowest BCUT2D eigenvalue weighted by molar-refractivity contribution is 0.355. The van der Waals surface area contributed by atoms with Crippen LogP contribution in [0.2, 0.25) is 0 Å². The second-order valence-corrected chi connectivity index (χ2v) is 6.84. The van der Waals surface area contributed by atoms with Crippen molar-refractivity contribution in [1.29, 1.82) is 5.26 Å². The van der Waals surface area contributed by atoms with E-state index >= 15 is 0 Å². The topological polar surface area (TPSA) is 55.1 Å². The normalized spacial score (nSPS) is 10.3. The Morgan fingerprint density at radius 3 is 2.52 bits per heavy atom. The predicted molar refractivity (Wildman–Crippen MR) is 103 cm³/mol. The van der Waals surface area contributed by atoms with Gasteiger partial charge in [-0.25, -0.2) is 4.98 Å². The molecule has 0 aliphatic rings. The molecule has 0 unspecified atom stereocenters. The van der Waals surface area contributed by atoms with Crippen molar-refractivity contribution < 1.29 is 9.47 Å². The summed E-state index contributed by atoms with van der Waals surface area (Å²) in [5.41, 5.74) is 3.17. The third-order valence-electron chi connectivity index (χ3n) is 3.76. The van der Waals surface area contributed by atoms with Crippen LogP contribution in [-0.2, 0) is 0 Å². The minimum atomic E-state index is 0.569. The maximum absolute atomic E-state index is 9.68. The predicted octanol–water partition coefficient (Wildman–Crippen LogP) is 5.09. The van der Waals surface area contributed by atoms with Gasteiger partial charge in [-0.15, -0.1) is 23.1 Å². The van der Waals surface area contributed by atoms with Crippen molar-refractivity contribution in [2.75, 3.05) is 20.5 Å². The van der Waals surface area contributed by atoms with Gasteiger partial charge >= 0.3 is 0 Å². The van der Waals surface area contributed by atoms with Crippen LogP contribution in [0.3, 0.4) is 0 Å². The fourth-order valence-electron chi connectivity index (χ4n) is 2.56. The summed E-state index contributed by atoms with van der Waals surface area (Å²) in [6.07, 6.45) is 1.93. The molecule has 0 radical (unpaired) electrons. The molecule has 2 heterocycles. The Balaban J connectivity index is 2.24. The number of hydrogen-bond acceptors (Lipinski definition) is 6. The van der Waals surface area contributed by atoms with E-state index < -0.39 is 0 Å². The number of aromatic nitrogens is 1. The first-order valence-corrected chi connectivity index (χ1v) is 9.57. The second-order valence-electron chi connectivity index (χ2n) is 5.10. The molecule has 0 aliphatic carbocycles. The van der Waals surface area contributed by atoms with Gasteiger partial charge in [-0.3, -0.25) is 0 Å². The summed E-state index contributed by atoms with van der Waals surface area (Å²) in [6.45, 7) is 0. The average Bonchev–Trinajstić information content (AvgIpc) is 3.21. The summed E-state index contributed by atoms with van der Waals surface area (Å²) in [4.78, 5) is 5.73. The number of ether oxygens (including phenoxy) is 2. The summed E-state index contributed by atoms with van der Waals surface area (Å²) in [5.74, 6) is 1.28. The molecule has 0 atom stereocenters. The molecule has 3 aromatic rings. The van der Waals surface area contributed by atoms with Gasteiger partial charge in [0.25, 0.3) is 0 Å². The molecule has 0 saturated heterocycles. The number of thiophene rings is 1. The number of nitrogens with zero attached hydrogens (tertiary/aromatic N) is 2. The Kier molecular flexibility index (Phi) is 5.27. The SMILES string of the molecule is COc1ccc(-c2cc(-c3cccs3)nc(SC)c2C#N)cc1OC. The van der Waals surface area contributed by atoms with Gasteiger partial charge in [0, 0.05) is 5.56 Å². The number of nitriles is 1. The molecule has 0 aliphatic heterocycles. The van der Waals surface area contributed by atoms with Gasteiger partial charge in [0.2, 0.25) is 0 Å². The Bertz CT molecular complexity index is 931. The maximum atomic E-state index is 9.68. The lowest BCUT2D eigenvalue weighted by Gasteiger charge is -2.13. The van der Waals surface area contributed by atoms with Crippen LogP contribution in [0.5, 0.6) is 11.5 Å². The monoisotopic (exact) mass is 368 g/mol. The van der Waals surface area contributed by atoms with Gasteiger partial charge in [-0.05, 0) is 41.5 Å². The highest BCUT2D eigenvalue weighted by Crippen LogP contribution is 2.38. The first-order valence-electron chi connectivity index (χ1n) is 7.47. The molecule has 0 fully saturated rings. The van der Waals surface area contributed by atoms with Crippen LogP contribution in [0.1, 0.15) is 5.56 Å². The van der Waals surface area contributed by atoms with Gasteiger partial charge in [-0.1, -0.05) is 12.1 Å². The van der Waals surface area contributed by atoms with E-state index in [-0.39, 0.29) is 0 Å². The highest BCUT2D eigenvalue weighted by atomic mass is 32.2. The van der Waals surface area contributed by atoms with Crippen LogP contribution < -0.4 is 9.47 Å². The first-order chi connectivity index (χ1) is 12.2. The summed E-state index contributed by atoms with van der Waals surface area (Å²) in [7, 11) is 3.20. The van der Waals surface area contributed by atoms with Gasteiger partial charge in [0.1, 0.15) is 11.1 Å². The lowest BCUT2D eigenvalue weighted by Crippen LogP contribution is -1.96. The molecule has 0 N–H and O–H groups in total. The number of pyridine rings is 1. The molecule has 4 nitrogen and oxygen atoms in total. The van der Waals surface area contributed by atoms with Crippen LogP contribution >= 0.6 is 23.1 Å². The van der Waals surface area contributed by atoms with Crippen LogP contribution in [0.25, 0.3) is 21.7 Å². The van der Waals surface area contributed by atoms with E-state index in [1.165, 1.54) is 11.8 Å². The first kappa shape index (κ1) is 17.3. The molecule has 25 heavy (non-hydrogen) atoms. The van der Waals surface area contributed by atoms with E-state index in [0.29, 0.717) is 17.1 Å². The molecule has 126 valence electrons. The zero-order valence-electron chi connectivity index (χ0n) is 14.1. The molecule has 3 rings (SSSR count). The Morgan fingerprint density at radius 2 is 1.92 bits per heavy atom. The molecule has 0 saturated carbocycles. The molecule has 0 amide bonds. The van der Waals surface area contributed by atoms with E-state index in [1.54, 1.807) is 25.6 Å². The van der Waals surface area contributed by atoms with Crippen LogP contribution in [0, 0.1) is 11.3 Å². The van der Waals surface area contributed by atoms with Crippen molar-refractivity contribution in [2.45, 2.75) is 5.03 Å². The summed E-state index contributed by atoms with van der Waals surface area (Å²) >= 11 is 3.10. The van der Waals surface area contributed by atoms with Crippen LogP contribution in [-0.4, -0.2) is 25.5 Å². The van der Waals surface area contributed by atoms with Gasteiger partial charge in [0.15, 0.2) is 11.5 Å². The molecule has 0 bridgehead atoms. The number of rotatable bonds is 5. The Morgan fingerprint density at radius 1 is 1.12 bits per heavy atom. The van der Waals surface area contributed by atoms with Gasteiger partial charge < -0.3 is 9.47 Å². The third kappa shape index (κ3) is 3.34. The highest BCUT2D eigenvalue weighted by Gasteiger charge is 2.16. The van der Waals surface area contributed by atoms with Crippen molar-refractivity contribution >= 4 is 23.1 Å². The summed E-state index contributed by atoms with van der Waals surface area (Å²) < 4.78 is 10.7. The lowest BCUT2D eigenvalue weighted by atomic mass is 10.00. The van der Waals surface area contributed by atoms with E-state index in [2.05, 4.69) is 11.1 Å². The minimum Gasteiger partial charge on any atom is -0.493 e. The molecule has 2 aromatic heterocycles. The van der Waals surface area contributed by atoms with Crippen molar-refractivity contribution in [3.8, 4) is 39.3 Å². The summed E-state index contributed by atoms with van der Waals surface area (Å²) in [6, 6.07) is 14.0. The maximum Gasteiger partial charge on any atom is 0.161 e. The highest BCUT2D eigenvalue weighted by molar-refractivity contribution is 7.98. The quantitative estimate of drug-likeness (QED) is 0.587. The number of thioether (sulfide) groups is 1. The fraction of sp³-hybridized carbons (Fsp3) is 0.158. The summed E-state index contributed by atoms with van der Waals surface area (Å²) in [5, 5.41) is 12.4. The number of benzene rings is 1. The standard InChI is InChI=1S/C19H16N2O2S2/c1-22-16-7-6-12(9-17(16)23-2)13-10-15(18-5-4-8-25-18)21-19(24-3)14(13)11-20/h4-10H,1-3H3. The Labute approximate surface area is 155 Å². The molecule has 6 heteroatoms. The van der Waals surface area contributed by atoms with E-state index in [0.717, 1.165) is 26.7 Å². The van der Waals surface area contributed by atoms with E-state index in [9.17, 15) is 5.26 Å². The number of methoxy groups -OCH3 is 2. The molecular formula is C19H16N2O2S2. The largest absolute Gasteiger partial charge is 0.493 e. The molecule has 1 aromatic carbocycles. The van der Waals surface area contributed by atoms with E-state index in [4.69, 9.17) is 9.47 Å². The van der Waals surface area contributed by atoms with Crippen molar-refractivity contribution in [3.63, 3.8) is 0 Å². The van der Waals surface area contributed by atoms with Crippen molar-refractivity contribution in [3.05, 3.63) is 47.3 Å². The average molecular weight is 368 g/mol. The van der Waals surface area contributed by atoms with Gasteiger partial charge in [0.05, 0.1) is 30.4 Å². The minimum absolute atomic E-state index is 0.569. The number of hydrogen-bond donors (Lipinski definition) is 0. The second kappa shape index (κ2) is 7.60. The smallest absolute Gasteiger partial charge is 0.161 e. The zero-order chi connectivity index (χ0) is 17.8. The van der Waals surface area contributed by atoms with E-state index in [1.807, 2.05) is 48.0 Å². The van der Waals surface area contributed by atoms with Crippen LogP contribution in [0.15, 0.2) is 46.8 Å². The molecular weight excluding hydrogens is 352 g/mol. The molecule has 0 spiro atoms. The Hall–Kier alpha value is -2.49. The van der Waals surface area contributed by atoms with Crippen molar-refractivity contribution in [1.82, 2.24) is 4.98 Å². The van der Waals surface area contributed by atoms with Crippen molar-refractivity contribution in [2.24, 2.45) is 0 Å². The third-order valence-corrected chi connectivity index (χ3v) is 5.33. The fourth-order valence-corrected chi connectivity index (χ4v) is 3.79. The van der Waals surface area contributed by atoms with Crippen LogP contribution in [0.4, 0.5) is 0 Å².